The highest BCUT2D eigenvalue weighted by atomic mass is 16.2. The van der Waals surface area contributed by atoms with Crippen LogP contribution in [0.4, 0.5) is 0 Å². The van der Waals surface area contributed by atoms with Gasteiger partial charge in [0.15, 0.2) is 0 Å². The number of rotatable bonds is 3. The molecule has 2 rings (SSSR count). The van der Waals surface area contributed by atoms with Crippen molar-refractivity contribution in [2.75, 3.05) is 13.1 Å². The number of likely N-dealkylation sites (tertiary alicyclic amines) is 2. The molecule has 0 spiro atoms. The summed E-state index contributed by atoms with van der Waals surface area (Å²) in [4.78, 5) is 27.1. The van der Waals surface area contributed by atoms with Gasteiger partial charge in [-0.3, -0.25) is 14.5 Å². The van der Waals surface area contributed by atoms with Gasteiger partial charge in [0.2, 0.25) is 11.8 Å². The predicted molar refractivity (Wildman–Crippen MR) is 73.4 cm³/mol. The Kier molecular flexibility index (Phi) is 3.37. The Morgan fingerprint density at radius 2 is 1.79 bits per heavy atom. The lowest BCUT2D eigenvalue weighted by Crippen LogP contribution is -2.67. The molecule has 5 heteroatoms. The number of hydrogen-bond donors (Lipinski definition) is 1. The SMILES string of the molecule is CC1(C)CC(N2CCC2=O)CC(C)(C)N1CC(N)=O. The minimum absolute atomic E-state index is 0.128. The number of nitrogens with two attached hydrogens (primary N) is 1. The molecule has 0 aliphatic carbocycles. The number of carbonyl (C=O) groups is 2. The number of primary amides is 1. The molecule has 0 bridgehead atoms. The van der Waals surface area contributed by atoms with Crippen molar-refractivity contribution in [3.63, 3.8) is 0 Å². The Labute approximate surface area is 115 Å². The van der Waals surface area contributed by atoms with Gasteiger partial charge in [0.25, 0.3) is 0 Å². The third kappa shape index (κ3) is 2.61. The fraction of sp³-hybridized carbons (Fsp3) is 0.857. The van der Waals surface area contributed by atoms with Crippen LogP contribution in [0.15, 0.2) is 0 Å². The molecule has 2 amide bonds. The fourth-order valence-electron chi connectivity index (χ4n) is 3.79. The van der Waals surface area contributed by atoms with Crippen molar-refractivity contribution in [2.45, 2.75) is 64.1 Å². The first kappa shape index (κ1) is 14.3. The maximum Gasteiger partial charge on any atom is 0.231 e. The molecule has 0 radical (unpaired) electrons. The quantitative estimate of drug-likeness (QED) is 0.766. The van der Waals surface area contributed by atoms with E-state index in [1.807, 2.05) is 4.90 Å². The van der Waals surface area contributed by atoms with Crippen LogP contribution in [-0.4, -0.2) is 51.8 Å². The second-order valence-electron chi connectivity index (χ2n) is 7.08. The Morgan fingerprint density at radius 3 is 2.11 bits per heavy atom. The molecule has 2 N–H and O–H groups in total. The van der Waals surface area contributed by atoms with Crippen molar-refractivity contribution in [3.8, 4) is 0 Å². The summed E-state index contributed by atoms with van der Waals surface area (Å²) in [6.07, 6.45) is 2.48. The van der Waals surface area contributed by atoms with E-state index in [1.165, 1.54) is 0 Å². The molecule has 2 aliphatic rings. The minimum Gasteiger partial charge on any atom is -0.369 e. The topological polar surface area (TPSA) is 66.6 Å². The van der Waals surface area contributed by atoms with Crippen LogP contribution in [0.3, 0.4) is 0 Å². The van der Waals surface area contributed by atoms with Gasteiger partial charge in [-0.25, -0.2) is 0 Å². The van der Waals surface area contributed by atoms with E-state index in [0.29, 0.717) is 6.42 Å². The average Bonchev–Trinajstić information content (AvgIpc) is 2.20. The summed E-state index contributed by atoms with van der Waals surface area (Å²) in [5.41, 5.74) is 5.12. The van der Waals surface area contributed by atoms with E-state index in [2.05, 4.69) is 32.6 Å². The van der Waals surface area contributed by atoms with Crippen molar-refractivity contribution in [1.29, 1.82) is 0 Å². The van der Waals surface area contributed by atoms with Crippen LogP contribution in [0.1, 0.15) is 47.0 Å². The highest BCUT2D eigenvalue weighted by Gasteiger charge is 2.48. The second kappa shape index (κ2) is 4.47. The van der Waals surface area contributed by atoms with Gasteiger partial charge in [-0.2, -0.15) is 0 Å². The number of β-lactam (4-membered cyclic amide) rings is 1. The Hall–Kier alpha value is -1.10. The van der Waals surface area contributed by atoms with Crippen LogP contribution in [0, 0.1) is 0 Å². The van der Waals surface area contributed by atoms with Crippen LogP contribution in [0.25, 0.3) is 0 Å². The van der Waals surface area contributed by atoms with Gasteiger partial charge >= 0.3 is 0 Å². The summed E-state index contributed by atoms with van der Waals surface area (Å²) in [6, 6.07) is 0.287. The number of carbonyl (C=O) groups excluding carboxylic acids is 2. The maximum atomic E-state index is 11.6. The molecule has 0 saturated carbocycles. The fourth-order valence-corrected chi connectivity index (χ4v) is 3.79. The Bertz CT molecular complexity index is 385. The van der Waals surface area contributed by atoms with E-state index in [1.54, 1.807) is 0 Å². The molecule has 0 aromatic heterocycles. The first-order valence-corrected chi connectivity index (χ1v) is 6.99. The molecule has 19 heavy (non-hydrogen) atoms. The molecule has 0 aromatic rings. The molecule has 108 valence electrons. The molecule has 2 fully saturated rings. The van der Waals surface area contributed by atoms with Gasteiger partial charge in [0.1, 0.15) is 0 Å². The van der Waals surface area contributed by atoms with Crippen molar-refractivity contribution in [2.24, 2.45) is 5.73 Å². The third-order valence-corrected chi connectivity index (χ3v) is 4.57. The average molecular weight is 267 g/mol. The van der Waals surface area contributed by atoms with E-state index in [0.717, 1.165) is 19.4 Å². The molecular formula is C14H25N3O2. The zero-order chi connectivity index (χ0) is 14.4. The summed E-state index contributed by atoms with van der Waals surface area (Å²) in [6.45, 7) is 9.69. The standard InChI is InChI=1S/C14H25N3O2/c1-13(2)7-10(16-6-5-12(16)19)8-14(3,4)17(13)9-11(15)18/h10H,5-9H2,1-4H3,(H2,15,18). The molecule has 5 nitrogen and oxygen atoms in total. The number of amides is 2. The number of hydrogen-bond acceptors (Lipinski definition) is 3. The van der Waals surface area contributed by atoms with E-state index in [9.17, 15) is 9.59 Å². The summed E-state index contributed by atoms with van der Waals surface area (Å²) in [5.74, 6) is -0.0282. The van der Waals surface area contributed by atoms with Crippen molar-refractivity contribution in [1.82, 2.24) is 9.80 Å². The predicted octanol–water partition coefficient (Wildman–Crippen LogP) is 0.726. The van der Waals surface area contributed by atoms with Crippen molar-refractivity contribution in [3.05, 3.63) is 0 Å². The van der Waals surface area contributed by atoms with E-state index in [4.69, 9.17) is 5.73 Å². The van der Waals surface area contributed by atoms with Gasteiger partial charge in [-0.1, -0.05) is 0 Å². The zero-order valence-corrected chi connectivity index (χ0v) is 12.4. The number of piperidine rings is 1. The van der Waals surface area contributed by atoms with Gasteiger partial charge in [0.05, 0.1) is 6.54 Å². The van der Waals surface area contributed by atoms with Crippen LogP contribution in [0.5, 0.6) is 0 Å². The summed E-state index contributed by atoms with van der Waals surface area (Å²) < 4.78 is 0. The first-order valence-electron chi connectivity index (χ1n) is 6.99. The van der Waals surface area contributed by atoms with Crippen molar-refractivity contribution >= 4 is 11.8 Å². The zero-order valence-electron chi connectivity index (χ0n) is 12.4. The molecular weight excluding hydrogens is 242 g/mol. The molecule has 0 aromatic carbocycles. The third-order valence-electron chi connectivity index (χ3n) is 4.57. The van der Waals surface area contributed by atoms with Crippen molar-refractivity contribution < 1.29 is 9.59 Å². The first-order chi connectivity index (χ1) is 8.63. The number of nitrogens with zero attached hydrogens (tertiary/aromatic N) is 2. The van der Waals surface area contributed by atoms with Gasteiger partial charge < -0.3 is 10.6 Å². The maximum absolute atomic E-state index is 11.6. The highest BCUT2D eigenvalue weighted by Crippen LogP contribution is 2.41. The lowest BCUT2D eigenvalue weighted by atomic mass is 9.75. The lowest BCUT2D eigenvalue weighted by molar-refractivity contribution is -0.151. The largest absolute Gasteiger partial charge is 0.369 e. The van der Waals surface area contributed by atoms with E-state index >= 15 is 0 Å². The summed E-state index contributed by atoms with van der Waals surface area (Å²) in [7, 11) is 0. The summed E-state index contributed by atoms with van der Waals surface area (Å²) in [5, 5.41) is 0. The smallest absolute Gasteiger partial charge is 0.231 e. The van der Waals surface area contributed by atoms with E-state index in [-0.39, 0.29) is 35.5 Å². The van der Waals surface area contributed by atoms with Gasteiger partial charge in [0, 0.05) is 30.1 Å². The Balaban J connectivity index is 2.18. The van der Waals surface area contributed by atoms with Gasteiger partial charge in [-0.15, -0.1) is 0 Å². The molecule has 2 aliphatic heterocycles. The lowest BCUT2D eigenvalue weighted by Gasteiger charge is -2.57. The second-order valence-corrected chi connectivity index (χ2v) is 7.08. The summed E-state index contributed by atoms with van der Waals surface area (Å²) >= 11 is 0. The highest BCUT2D eigenvalue weighted by molar-refractivity contribution is 5.82. The van der Waals surface area contributed by atoms with Crippen LogP contribution >= 0.6 is 0 Å². The normalized spacial score (nSPS) is 27.2. The van der Waals surface area contributed by atoms with Crippen LogP contribution in [0.2, 0.25) is 0 Å². The monoisotopic (exact) mass is 267 g/mol. The Morgan fingerprint density at radius 1 is 1.26 bits per heavy atom. The minimum atomic E-state index is -0.292. The molecule has 0 atom stereocenters. The molecule has 2 heterocycles. The molecule has 0 unspecified atom stereocenters. The van der Waals surface area contributed by atoms with E-state index < -0.39 is 0 Å². The van der Waals surface area contributed by atoms with Gasteiger partial charge in [-0.05, 0) is 40.5 Å². The van der Waals surface area contributed by atoms with Crippen LogP contribution in [-0.2, 0) is 9.59 Å². The molecule has 2 saturated heterocycles. The van der Waals surface area contributed by atoms with Crippen LogP contribution < -0.4 is 5.73 Å².